The molecule has 0 aliphatic carbocycles. The molecule has 15 heteroatoms. The molecule has 206 valence electrons. The molecule has 0 radical (unpaired) electrons. The second-order valence-corrected chi connectivity index (χ2v) is 9.63. The molecule has 11 nitrogen and oxygen atoms in total. The van der Waals surface area contributed by atoms with E-state index in [1.807, 2.05) is 11.8 Å². The maximum absolute atomic E-state index is 13.7. The van der Waals surface area contributed by atoms with Gasteiger partial charge in [-0.15, -0.1) is 0 Å². The fraction of sp³-hybridized carbons (Fsp3) is 0.565. The van der Waals surface area contributed by atoms with Gasteiger partial charge in [0.05, 0.1) is 18.8 Å². The van der Waals surface area contributed by atoms with E-state index in [1.165, 1.54) is 6.20 Å². The zero-order valence-corrected chi connectivity index (χ0v) is 22.6. The van der Waals surface area contributed by atoms with Gasteiger partial charge in [0.2, 0.25) is 16.8 Å². The lowest BCUT2D eigenvalue weighted by atomic mass is 10.1. The predicted molar refractivity (Wildman–Crippen MR) is 133 cm³/mol. The number of halogens is 3. The maximum Gasteiger partial charge on any atom is 0.443 e. The first-order chi connectivity index (χ1) is 18.0. The highest BCUT2D eigenvalue weighted by Gasteiger charge is 2.39. The van der Waals surface area contributed by atoms with Crippen LogP contribution in [-0.4, -0.2) is 79.4 Å². The van der Waals surface area contributed by atoms with Gasteiger partial charge in [-0.2, -0.15) is 23.3 Å². The van der Waals surface area contributed by atoms with Gasteiger partial charge in [-0.05, 0) is 34.6 Å². The van der Waals surface area contributed by atoms with Crippen LogP contribution in [0.2, 0.25) is 0 Å². The van der Waals surface area contributed by atoms with E-state index in [0.717, 1.165) is 0 Å². The minimum Gasteiger partial charge on any atom is -0.477 e. The van der Waals surface area contributed by atoms with Crippen LogP contribution < -0.4 is 14.4 Å². The third-order valence-corrected chi connectivity index (χ3v) is 7.04. The van der Waals surface area contributed by atoms with E-state index in [0.29, 0.717) is 54.2 Å². The summed E-state index contributed by atoms with van der Waals surface area (Å²) in [7, 11) is 0. The average molecular weight is 555 g/mol. The van der Waals surface area contributed by atoms with Crippen LogP contribution in [0.15, 0.2) is 6.20 Å². The Bertz CT molecular complexity index is 1300. The zero-order valence-electron chi connectivity index (χ0n) is 21.7. The van der Waals surface area contributed by atoms with Crippen LogP contribution >= 0.6 is 11.3 Å². The van der Waals surface area contributed by atoms with Crippen molar-refractivity contribution < 1.29 is 27.4 Å². The molecule has 1 aliphatic rings. The van der Waals surface area contributed by atoms with Crippen LogP contribution in [0.4, 0.5) is 18.2 Å². The van der Waals surface area contributed by atoms with Crippen molar-refractivity contribution in [2.45, 2.75) is 53.4 Å². The van der Waals surface area contributed by atoms with Crippen molar-refractivity contribution in [2.24, 2.45) is 0 Å². The van der Waals surface area contributed by atoms with Crippen molar-refractivity contribution in [3.05, 3.63) is 22.9 Å². The zero-order chi connectivity index (χ0) is 27.6. The van der Waals surface area contributed by atoms with Gasteiger partial charge in [0, 0.05) is 31.9 Å². The largest absolute Gasteiger partial charge is 0.477 e. The molecule has 0 bridgehead atoms. The van der Waals surface area contributed by atoms with Crippen molar-refractivity contribution in [1.82, 2.24) is 34.6 Å². The van der Waals surface area contributed by atoms with Crippen molar-refractivity contribution in [3.63, 3.8) is 0 Å². The third-order valence-electron chi connectivity index (χ3n) is 5.88. The minimum atomic E-state index is -4.63. The van der Waals surface area contributed by atoms with Crippen LogP contribution in [0.25, 0.3) is 11.3 Å². The Morgan fingerprint density at radius 2 is 1.87 bits per heavy atom. The molecule has 0 aromatic carbocycles. The molecule has 0 saturated carbocycles. The lowest BCUT2D eigenvalue weighted by molar-refractivity contribution is -0.137. The standard InChI is InChI=1S/C23H29F3N8O3S/c1-6-36-19-16(10-27-22(30-19)37-7-2)18-20(38-21(29-18)23(24,25)26)32-8-9-33(13(3)11-32)17(35)12-34-15(5)28-14(4)31-34/h10,13H,6-9,11-12H2,1-5H3/t13-/m1/s1. The number of piperazine rings is 1. The Kier molecular flexibility index (Phi) is 8.04. The summed E-state index contributed by atoms with van der Waals surface area (Å²) in [6.45, 7) is 10.5. The Morgan fingerprint density at radius 1 is 1.13 bits per heavy atom. The number of thiazole rings is 1. The molecule has 1 fully saturated rings. The van der Waals surface area contributed by atoms with E-state index < -0.39 is 11.2 Å². The number of alkyl halides is 3. The number of hydrogen-bond donors (Lipinski definition) is 0. The van der Waals surface area contributed by atoms with Crippen molar-refractivity contribution in [2.75, 3.05) is 37.7 Å². The van der Waals surface area contributed by atoms with E-state index >= 15 is 0 Å². The van der Waals surface area contributed by atoms with Gasteiger partial charge in [-0.25, -0.2) is 19.6 Å². The summed E-state index contributed by atoms with van der Waals surface area (Å²) in [6, 6.07) is -0.209. The molecule has 38 heavy (non-hydrogen) atoms. The van der Waals surface area contributed by atoms with Crippen molar-refractivity contribution in [3.8, 4) is 23.1 Å². The molecule has 4 heterocycles. The molecular formula is C23H29F3N8O3S. The number of rotatable bonds is 8. The molecule has 0 unspecified atom stereocenters. The Morgan fingerprint density at radius 3 is 2.47 bits per heavy atom. The topological polar surface area (TPSA) is 111 Å². The number of ether oxygens (including phenoxy) is 2. The SMILES string of the molecule is CCOc1ncc(-c2nc(C(F)(F)F)sc2N2CCN(C(=O)Cn3nc(C)nc3C)[C@H](C)C2)c(OCC)n1. The van der Waals surface area contributed by atoms with Crippen molar-refractivity contribution in [1.29, 1.82) is 0 Å². The first kappa shape index (κ1) is 27.5. The van der Waals surface area contributed by atoms with Crippen molar-refractivity contribution >= 4 is 22.2 Å². The molecule has 1 aliphatic heterocycles. The van der Waals surface area contributed by atoms with E-state index in [9.17, 15) is 18.0 Å². The van der Waals surface area contributed by atoms with Gasteiger partial charge < -0.3 is 19.3 Å². The van der Waals surface area contributed by atoms with Crippen LogP contribution in [0, 0.1) is 13.8 Å². The number of hydrogen-bond acceptors (Lipinski definition) is 10. The van der Waals surface area contributed by atoms with Gasteiger partial charge in [-0.1, -0.05) is 11.3 Å². The van der Waals surface area contributed by atoms with Crippen LogP contribution in [0.5, 0.6) is 11.9 Å². The smallest absolute Gasteiger partial charge is 0.443 e. The second-order valence-electron chi connectivity index (χ2n) is 8.65. The predicted octanol–water partition coefficient (Wildman–Crippen LogP) is 3.36. The molecular weight excluding hydrogens is 525 g/mol. The molecule has 4 rings (SSSR count). The van der Waals surface area contributed by atoms with Gasteiger partial charge in [-0.3, -0.25) is 4.79 Å². The summed E-state index contributed by atoms with van der Waals surface area (Å²) in [5.74, 6) is 1.17. The van der Waals surface area contributed by atoms with Gasteiger partial charge in [0.25, 0.3) is 0 Å². The number of carbonyl (C=O) groups is 1. The number of anilines is 1. The Labute approximate surface area is 221 Å². The first-order valence-electron chi connectivity index (χ1n) is 12.1. The Balaban J connectivity index is 1.62. The average Bonchev–Trinajstić information content (AvgIpc) is 3.42. The monoisotopic (exact) mass is 554 g/mol. The summed E-state index contributed by atoms with van der Waals surface area (Å²) in [5.41, 5.74) is 0.315. The summed E-state index contributed by atoms with van der Waals surface area (Å²) >= 11 is 0.550. The molecule has 3 aromatic heterocycles. The lowest BCUT2D eigenvalue weighted by Gasteiger charge is -2.40. The third kappa shape index (κ3) is 5.81. The van der Waals surface area contributed by atoms with Gasteiger partial charge in [0.1, 0.15) is 28.9 Å². The highest BCUT2D eigenvalue weighted by molar-refractivity contribution is 7.16. The van der Waals surface area contributed by atoms with E-state index in [2.05, 4.69) is 25.0 Å². The molecule has 3 aromatic rings. The summed E-state index contributed by atoms with van der Waals surface area (Å²) in [4.78, 5) is 33.1. The molecule has 0 spiro atoms. The van der Waals surface area contributed by atoms with Gasteiger partial charge in [0.15, 0.2) is 0 Å². The number of aryl methyl sites for hydroxylation is 2. The molecule has 1 saturated heterocycles. The Hall–Kier alpha value is -3.49. The van der Waals surface area contributed by atoms with E-state index in [4.69, 9.17) is 9.47 Å². The van der Waals surface area contributed by atoms with Gasteiger partial charge >= 0.3 is 12.2 Å². The fourth-order valence-electron chi connectivity index (χ4n) is 4.22. The van der Waals surface area contributed by atoms with E-state index in [-0.39, 0.29) is 48.2 Å². The number of amides is 1. The second kappa shape index (κ2) is 11.1. The molecule has 1 amide bonds. The lowest BCUT2D eigenvalue weighted by Crippen LogP contribution is -2.54. The maximum atomic E-state index is 13.7. The number of carbonyl (C=O) groups excluding carboxylic acids is 1. The van der Waals surface area contributed by atoms with Crippen LogP contribution in [0.1, 0.15) is 37.4 Å². The fourth-order valence-corrected chi connectivity index (χ4v) is 5.21. The first-order valence-corrected chi connectivity index (χ1v) is 13.0. The van der Waals surface area contributed by atoms with E-state index in [1.54, 1.807) is 37.3 Å². The quantitative estimate of drug-likeness (QED) is 0.414. The molecule has 0 N–H and O–H groups in total. The number of nitrogens with zero attached hydrogens (tertiary/aromatic N) is 8. The van der Waals surface area contributed by atoms with Crippen LogP contribution in [0.3, 0.4) is 0 Å². The number of aromatic nitrogens is 6. The normalized spacial score (nSPS) is 16.2. The van der Waals surface area contributed by atoms with Crippen LogP contribution in [-0.2, 0) is 17.5 Å². The highest BCUT2D eigenvalue weighted by atomic mass is 32.1. The summed E-state index contributed by atoms with van der Waals surface area (Å²) < 4.78 is 53.7. The highest BCUT2D eigenvalue weighted by Crippen LogP contribution is 2.45. The molecule has 1 atom stereocenters. The minimum absolute atomic E-state index is 0.0439. The summed E-state index contributed by atoms with van der Waals surface area (Å²) in [5, 5.41) is 3.57. The summed E-state index contributed by atoms with van der Waals surface area (Å²) in [6.07, 6.45) is -3.26.